The molecule has 2 N–H and O–H groups in total. The van der Waals surface area contributed by atoms with Crippen LogP contribution < -0.4 is 5.73 Å². The Balaban J connectivity index is 0.00000128. The summed E-state index contributed by atoms with van der Waals surface area (Å²) in [6, 6.07) is 0.684. The highest BCUT2D eigenvalue weighted by Gasteiger charge is 2.17. The molecule has 0 saturated carbocycles. The van der Waals surface area contributed by atoms with Crippen molar-refractivity contribution in [1.82, 2.24) is 9.88 Å². The minimum Gasteiger partial charge on any atom is -0.375 e. The first-order valence-electron chi connectivity index (χ1n) is 5.27. The Labute approximate surface area is 111 Å². The maximum absolute atomic E-state index is 5.63. The highest BCUT2D eigenvalue weighted by molar-refractivity contribution is 7.99. The second-order valence-electron chi connectivity index (χ2n) is 3.89. The van der Waals surface area contributed by atoms with E-state index in [0.717, 1.165) is 6.54 Å². The van der Waals surface area contributed by atoms with Gasteiger partial charge >= 0.3 is 0 Å². The van der Waals surface area contributed by atoms with E-state index >= 15 is 0 Å². The summed E-state index contributed by atoms with van der Waals surface area (Å²) in [5, 5.41) is 0.682. The zero-order valence-corrected chi connectivity index (χ0v) is 11.8. The third kappa shape index (κ3) is 3.80. The number of rotatable bonds is 2. The summed E-state index contributed by atoms with van der Waals surface area (Å²) in [4.78, 5) is 7.91. The largest absolute Gasteiger partial charge is 0.375 e. The Hall–Kier alpha value is 0.0300. The minimum atomic E-state index is 0. The average molecular weight is 280 g/mol. The molecule has 1 fully saturated rings. The van der Waals surface area contributed by atoms with Gasteiger partial charge in [0.05, 0.1) is 0 Å². The van der Waals surface area contributed by atoms with Gasteiger partial charge in [-0.15, -0.1) is 23.7 Å². The molecule has 0 radical (unpaired) electrons. The number of hydrogen-bond acceptors (Lipinski definition) is 5. The standard InChI is InChI=1S/C10H17N3S2.ClH/c1-8-2-4-14-5-3-13(8)7-9-6-12-10(11)15-9;/h6,8H,2-5,7H2,1H3,(H2,11,12);1H. The van der Waals surface area contributed by atoms with Gasteiger partial charge in [-0.05, 0) is 19.1 Å². The molecule has 1 aromatic rings. The third-order valence-electron chi connectivity index (χ3n) is 2.76. The maximum atomic E-state index is 5.63. The van der Waals surface area contributed by atoms with Gasteiger partial charge in [0.1, 0.15) is 0 Å². The molecule has 1 aliphatic rings. The number of hydrogen-bond donors (Lipinski definition) is 1. The molecular formula is C10H18ClN3S2. The molecule has 0 aliphatic carbocycles. The first-order chi connectivity index (χ1) is 7.25. The minimum absolute atomic E-state index is 0. The van der Waals surface area contributed by atoms with Crippen LogP contribution in [0.5, 0.6) is 0 Å². The van der Waals surface area contributed by atoms with Crippen molar-refractivity contribution in [1.29, 1.82) is 0 Å². The van der Waals surface area contributed by atoms with E-state index in [1.165, 1.54) is 29.3 Å². The molecule has 6 heteroatoms. The lowest BCUT2D eigenvalue weighted by Gasteiger charge is -2.25. The van der Waals surface area contributed by atoms with Crippen LogP contribution in [0.3, 0.4) is 0 Å². The average Bonchev–Trinajstić information content (AvgIpc) is 2.50. The Morgan fingerprint density at radius 1 is 1.56 bits per heavy atom. The van der Waals surface area contributed by atoms with E-state index in [4.69, 9.17) is 5.73 Å². The van der Waals surface area contributed by atoms with E-state index < -0.39 is 0 Å². The molecule has 0 amide bonds. The van der Waals surface area contributed by atoms with Gasteiger partial charge in [0.25, 0.3) is 0 Å². The summed E-state index contributed by atoms with van der Waals surface area (Å²) < 4.78 is 0. The summed E-state index contributed by atoms with van der Waals surface area (Å²) in [6.45, 7) is 4.51. The van der Waals surface area contributed by atoms with Crippen LogP contribution in [0.1, 0.15) is 18.2 Å². The molecule has 1 aliphatic heterocycles. The molecule has 0 bridgehead atoms. The van der Waals surface area contributed by atoms with Crippen LogP contribution in [0, 0.1) is 0 Å². The Kier molecular flexibility index (Phi) is 5.89. The second-order valence-corrected chi connectivity index (χ2v) is 6.26. The van der Waals surface area contributed by atoms with E-state index in [1.807, 2.05) is 6.20 Å². The third-order valence-corrected chi connectivity index (χ3v) is 4.56. The molecule has 0 spiro atoms. The zero-order valence-electron chi connectivity index (χ0n) is 9.39. The fraction of sp³-hybridized carbons (Fsp3) is 0.700. The van der Waals surface area contributed by atoms with Gasteiger partial charge in [-0.2, -0.15) is 11.8 Å². The fourth-order valence-corrected chi connectivity index (χ4v) is 3.56. The fourth-order valence-electron chi connectivity index (χ4n) is 1.77. The van der Waals surface area contributed by atoms with Gasteiger partial charge in [0, 0.05) is 36.0 Å². The van der Waals surface area contributed by atoms with Crippen LogP contribution in [0.4, 0.5) is 5.13 Å². The van der Waals surface area contributed by atoms with Crippen LogP contribution in [0.15, 0.2) is 6.20 Å². The summed E-state index contributed by atoms with van der Waals surface area (Å²) >= 11 is 3.67. The number of nitrogens with two attached hydrogens (primary N) is 1. The molecule has 1 aromatic heterocycles. The van der Waals surface area contributed by atoms with Crippen LogP contribution in [0.25, 0.3) is 0 Å². The van der Waals surface area contributed by atoms with Gasteiger partial charge in [0.15, 0.2) is 5.13 Å². The monoisotopic (exact) mass is 279 g/mol. The summed E-state index contributed by atoms with van der Waals surface area (Å²) in [5.74, 6) is 2.54. The quantitative estimate of drug-likeness (QED) is 0.903. The van der Waals surface area contributed by atoms with Crippen molar-refractivity contribution in [2.45, 2.75) is 25.9 Å². The van der Waals surface area contributed by atoms with Crippen LogP contribution >= 0.6 is 35.5 Å². The van der Waals surface area contributed by atoms with E-state index in [2.05, 4.69) is 28.6 Å². The van der Waals surface area contributed by atoms with E-state index in [9.17, 15) is 0 Å². The summed E-state index contributed by atoms with van der Waals surface area (Å²) in [6.07, 6.45) is 3.20. The molecule has 1 unspecified atom stereocenters. The van der Waals surface area contributed by atoms with Crippen molar-refractivity contribution in [2.24, 2.45) is 0 Å². The number of anilines is 1. The van der Waals surface area contributed by atoms with Crippen molar-refractivity contribution >= 4 is 40.6 Å². The van der Waals surface area contributed by atoms with Crippen LogP contribution in [0.2, 0.25) is 0 Å². The van der Waals surface area contributed by atoms with Gasteiger partial charge in [0.2, 0.25) is 0 Å². The molecule has 16 heavy (non-hydrogen) atoms. The van der Waals surface area contributed by atoms with Crippen molar-refractivity contribution in [2.75, 3.05) is 23.8 Å². The number of nitrogen functional groups attached to an aromatic ring is 1. The molecule has 1 saturated heterocycles. The first-order valence-corrected chi connectivity index (χ1v) is 7.25. The van der Waals surface area contributed by atoms with Crippen molar-refractivity contribution in [3.63, 3.8) is 0 Å². The van der Waals surface area contributed by atoms with Crippen molar-refractivity contribution < 1.29 is 0 Å². The number of thiazole rings is 1. The smallest absolute Gasteiger partial charge is 0.180 e. The topological polar surface area (TPSA) is 42.2 Å². The predicted octanol–water partition coefficient (Wildman–Crippen LogP) is 2.47. The molecule has 1 atom stereocenters. The summed E-state index contributed by atoms with van der Waals surface area (Å²) in [5.41, 5.74) is 5.63. The molecule has 2 rings (SSSR count). The Morgan fingerprint density at radius 2 is 2.38 bits per heavy atom. The molecular weight excluding hydrogens is 262 g/mol. The van der Waals surface area contributed by atoms with Gasteiger partial charge < -0.3 is 5.73 Å². The lowest BCUT2D eigenvalue weighted by atomic mass is 10.2. The van der Waals surface area contributed by atoms with Crippen LogP contribution in [-0.2, 0) is 6.54 Å². The molecule has 2 heterocycles. The van der Waals surface area contributed by atoms with Gasteiger partial charge in [-0.1, -0.05) is 0 Å². The van der Waals surface area contributed by atoms with E-state index in [-0.39, 0.29) is 12.4 Å². The Bertz CT molecular complexity index is 319. The van der Waals surface area contributed by atoms with E-state index in [0.29, 0.717) is 11.2 Å². The number of thioether (sulfide) groups is 1. The number of aromatic nitrogens is 1. The second kappa shape index (κ2) is 6.69. The lowest BCUT2D eigenvalue weighted by Crippen LogP contribution is -2.32. The van der Waals surface area contributed by atoms with E-state index in [1.54, 1.807) is 11.3 Å². The number of halogens is 1. The number of nitrogens with zero attached hydrogens (tertiary/aromatic N) is 2. The summed E-state index contributed by atoms with van der Waals surface area (Å²) in [7, 11) is 0. The Morgan fingerprint density at radius 3 is 3.06 bits per heavy atom. The highest BCUT2D eigenvalue weighted by atomic mass is 35.5. The van der Waals surface area contributed by atoms with Crippen LogP contribution in [-0.4, -0.2) is 34.0 Å². The predicted molar refractivity (Wildman–Crippen MR) is 75.6 cm³/mol. The van der Waals surface area contributed by atoms with Gasteiger partial charge in [-0.3, -0.25) is 4.90 Å². The maximum Gasteiger partial charge on any atom is 0.180 e. The normalized spacial score (nSPS) is 22.4. The van der Waals surface area contributed by atoms with Gasteiger partial charge in [-0.25, -0.2) is 4.98 Å². The zero-order chi connectivity index (χ0) is 10.7. The molecule has 92 valence electrons. The SMILES string of the molecule is CC1CCSCCN1Cc1cnc(N)s1.Cl. The highest BCUT2D eigenvalue weighted by Crippen LogP contribution is 2.21. The van der Waals surface area contributed by atoms with Crippen molar-refractivity contribution in [3.8, 4) is 0 Å². The lowest BCUT2D eigenvalue weighted by molar-refractivity contribution is 0.214. The molecule has 3 nitrogen and oxygen atoms in total. The first kappa shape index (κ1) is 14.1. The molecule has 0 aromatic carbocycles. The van der Waals surface area contributed by atoms with Crippen molar-refractivity contribution in [3.05, 3.63) is 11.1 Å².